The SMILES string of the molecule is OCC1CCCC1CNc1cncc(Cl)n1. The van der Waals surface area contributed by atoms with E-state index in [0.717, 1.165) is 13.0 Å². The van der Waals surface area contributed by atoms with Gasteiger partial charge in [0.05, 0.1) is 12.4 Å². The Kier molecular flexibility index (Phi) is 3.96. The molecule has 0 aromatic carbocycles. The van der Waals surface area contributed by atoms with Crippen molar-refractivity contribution in [1.82, 2.24) is 9.97 Å². The Morgan fingerprint density at radius 1 is 1.38 bits per heavy atom. The van der Waals surface area contributed by atoms with Crippen LogP contribution in [0.3, 0.4) is 0 Å². The average molecular weight is 242 g/mol. The van der Waals surface area contributed by atoms with Gasteiger partial charge in [0, 0.05) is 13.2 Å². The largest absolute Gasteiger partial charge is 0.396 e. The third kappa shape index (κ3) is 2.83. The first kappa shape index (κ1) is 11.6. The van der Waals surface area contributed by atoms with Crippen molar-refractivity contribution in [3.63, 3.8) is 0 Å². The second kappa shape index (κ2) is 5.46. The molecule has 1 aliphatic carbocycles. The topological polar surface area (TPSA) is 58.0 Å². The first-order valence-corrected chi connectivity index (χ1v) is 5.99. The maximum Gasteiger partial charge on any atom is 0.149 e. The Morgan fingerprint density at radius 3 is 2.94 bits per heavy atom. The molecule has 0 spiro atoms. The zero-order chi connectivity index (χ0) is 11.4. The van der Waals surface area contributed by atoms with Crippen molar-refractivity contribution in [2.24, 2.45) is 11.8 Å². The van der Waals surface area contributed by atoms with Crippen LogP contribution < -0.4 is 5.32 Å². The third-order valence-electron chi connectivity index (χ3n) is 3.20. The molecule has 0 bridgehead atoms. The number of aliphatic hydroxyl groups excluding tert-OH is 1. The van der Waals surface area contributed by atoms with Crippen molar-refractivity contribution < 1.29 is 5.11 Å². The molecule has 5 heteroatoms. The van der Waals surface area contributed by atoms with Gasteiger partial charge in [-0.3, -0.25) is 4.98 Å². The molecule has 1 heterocycles. The van der Waals surface area contributed by atoms with E-state index in [2.05, 4.69) is 15.3 Å². The Balaban J connectivity index is 1.87. The fourth-order valence-corrected chi connectivity index (χ4v) is 2.43. The molecule has 16 heavy (non-hydrogen) atoms. The lowest BCUT2D eigenvalue weighted by Crippen LogP contribution is -2.21. The van der Waals surface area contributed by atoms with Crippen molar-refractivity contribution in [1.29, 1.82) is 0 Å². The molecule has 88 valence electrons. The van der Waals surface area contributed by atoms with Gasteiger partial charge in [-0.25, -0.2) is 4.98 Å². The van der Waals surface area contributed by atoms with Gasteiger partial charge in [0.2, 0.25) is 0 Å². The normalized spacial score (nSPS) is 24.6. The highest BCUT2D eigenvalue weighted by molar-refractivity contribution is 6.29. The minimum atomic E-state index is 0.285. The van der Waals surface area contributed by atoms with E-state index in [1.165, 1.54) is 19.0 Å². The zero-order valence-corrected chi connectivity index (χ0v) is 9.82. The minimum Gasteiger partial charge on any atom is -0.396 e. The van der Waals surface area contributed by atoms with Crippen molar-refractivity contribution >= 4 is 17.4 Å². The molecule has 2 N–H and O–H groups in total. The van der Waals surface area contributed by atoms with Crippen molar-refractivity contribution in [2.45, 2.75) is 19.3 Å². The summed E-state index contributed by atoms with van der Waals surface area (Å²) in [7, 11) is 0. The van der Waals surface area contributed by atoms with Crippen molar-refractivity contribution in [3.05, 3.63) is 17.5 Å². The van der Waals surface area contributed by atoms with E-state index < -0.39 is 0 Å². The molecule has 0 amide bonds. The third-order valence-corrected chi connectivity index (χ3v) is 3.38. The number of nitrogens with zero attached hydrogens (tertiary/aromatic N) is 2. The number of nitrogens with one attached hydrogen (secondary N) is 1. The van der Waals surface area contributed by atoms with Crippen LogP contribution in [0.2, 0.25) is 5.15 Å². The number of hydrogen-bond acceptors (Lipinski definition) is 4. The monoisotopic (exact) mass is 241 g/mol. The van der Waals surface area contributed by atoms with Gasteiger partial charge in [-0.2, -0.15) is 0 Å². The van der Waals surface area contributed by atoms with Gasteiger partial charge >= 0.3 is 0 Å². The van der Waals surface area contributed by atoms with Crippen LogP contribution >= 0.6 is 11.6 Å². The van der Waals surface area contributed by atoms with E-state index in [4.69, 9.17) is 11.6 Å². The smallest absolute Gasteiger partial charge is 0.149 e. The summed E-state index contributed by atoms with van der Waals surface area (Å²) in [5.41, 5.74) is 0. The lowest BCUT2D eigenvalue weighted by Gasteiger charge is -2.17. The number of aromatic nitrogens is 2. The van der Waals surface area contributed by atoms with E-state index in [-0.39, 0.29) is 6.61 Å². The van der Waals surface area contributed by atoms with Crippen molar-refractivity contribution in [2.75, 3.05) is 18.5 Å². The first-order chi connectivity index (χ1) is 7.79. The van der Waals surface area contributed by atoms with Gasteiger partial charge in [-0.05, 0) is 24.7 Å². The van der Waals surface area contributed by atoms with Gasteiger partial charge in [0.1, 0.15) is 11.0 Å². The van der Waals surface area contributed by atoms with Gasteiger partial charge < -0.3 is 10.4 Å². The quantitative estimate of drug-likeness (QED) is 0.846. The Hall–Kier alpha value is -0.870. The summed E-state index contributed by atoms with van der Waals surface area (Å²) in [5.74, 6) is 1.67. The summed E-state index contributed by atoms with van der Waals surface area (Å²) in [5, 5.41) is 12.8. The summed E-state index contributed by atoms with van der Waals surface area (Å²) < 4.78 is 0. The number of aliphatic hydroxyl groups is 1. The molecular formula is C11H16ClN3O. The first-order valence-electron chi connectivity index (χ1n) is 5.62. The van der Waals surface area contributed by atoms with E-state index in [1.807, 2.05) is 0 Å². The highest BCUT2D eigenvalue weighted by Gasteiger charge is 2.26. The molecule has 0 radical (unpaired) electrons. The highest BCUT2D eigenvalue weighted by atomic mass is 35.5. The predicted molar refractivity (Wildman–Crippen MR) is 63.4 cm³/mol. The number of rotatable bonds is 4. The predicted octanol–water partition coefficient (Wildman–Crippen LogP) is 1.95. The van der Waals surface area contributed by atoms with Crippen LogP contribution in [0.1, 0.15) is 19.3 Å². The minimum absolute atomic E-state index is 0.285. The van der Waals surface area contributed by atoms with Gasteiger partial charge in [0.15, 0.2) is 0 Å². The van der Waals surface area contributed by atoms with E-state index in [9.17, 15) is 5.11 Å². The Morgan fingerprint density at radius 2 is 2.19 bits per heavy atom. The van der Waals surface area contributed by atoms with Crippen LogP contribution in [-0.2, 0) is 0 Å². The second-order valence-corrected chi connectivity index (χ2v) is 4.63. The molecule has 0 aliphatic heterocycles. The summed E-state index contributed by atoms with van der Waals surface area (Å²) in [4.78, 5) is 8.08. The van der Waals surface area contributed by atoms with Crippen LogP contribution in [0.25, 0.3) is 0 Å². The molecule has 1 aliphatic rings. The molecule has 0 saturated heterocycles. The summed E-state index contributed by atoms with van der Waals surface area (Å²) >= 11 is 5.74. The molecule has 2 atom stereocenters. The highest BCUT2D eigenvalue weighted by Crippen LogP contribution is 2.31. The fourth-order valence-electron chi connectivity index (χ4n) is 2.29. The second-order valence-electron chi connectivity index (χ2n) is 4.24. The van der Waals surface area contributed by atoms with Crippen LogP contribution in [0, 0.1) is 11.8 Å². The standard InChI is InChI=1S/C11H16ClN3O/c12-10-5-13-6-11(15-10)14-4-8-2-1-3-9(8)7-16/h5-6,8-9,16H,1-4,7H2,(H,14,15). The van der Waals surface area contributed by atoms with Crippen LogP contribution in [0.4, 0.5) is 5.82 Å². The van der Waals surface area contributed by atoms with Gasteiger partial charge in [-0.1, -0.05) is 18.0 Å². The van der Waals surface area contributed by atoms with Crippen LogP contribution in [0.5, 0.6) is 0 Å². The molecular weight excluding hydrogens is 226 g/mol. The lowest BCUT2D eigenvalue weighted by atomic mass is 9.97. The average Bonchev–Trinajstić information content (AvgIpc) is 2.74. The fraction of sp³-hybridized carbons (Fsp3) is 0.636. The zero-order valence-electron chi connectivity index (χ0n) is 9.06. The summed E-state index contributed by atoms with van der Waals surface area (Å²) in [6, 6.07) is 0. The lowest BCUT2D eigenvalue weighted by molar-refractivity contribution is 0.199. The summed E-state index contributed by atoms with van der Waals surface area (Å²) in [6.45, 7) is 1.12. The maximum atomic E-state index is 9.20. The Bertz CT molecular complexity index is 348. The molecule has 1 saturated carbocycles. The van der Waals surface area contributed by atoms with Gasteiger partial charge in [0.25, 0.3) is 0 Å². The molecule has 1 aromatic heterocycles. The van der Waals surface area contributed by atoms with E-state index in [1.54, 1.807) is 6.20 Å². The molecule has 2 rings (SSSR count). The van der Waals surface area contributed by atoms with Crippen molar-refractivity contribution in [3.8, 4) is 0 Å². The van der Waals surface area contributed by atoms with Gasteiger partial charge in [-0.15, -0.1) is 0 Å². The Labute approximate surface area is 100 Å². The number of anilines is 1. The summed E-state index contributed by atoms with van der Waals surface area (Å²) in [6.07, 6.45) is 6.68. The van der Waals surface area contributed by atoms with E-state index in [0.29, 0.717) is 22.8 Å². The molecule has 2 unspecified atom stereocenters. The molecule has 1 aromatic rings. The molecule has 4 nitrogen and oxygen atoms in total. The number of hydrogen-bond donors (Lipinski definition) is 2. The molecule has 1 fully saturated rings. The van der Waals surface area contributed by atoms with Crippen LogP contribution in [-0.4, -0.2) is 28.2 Å². The maximum absolute atomic E-state index is 9.20. The number of halogens is 1. The van der Waals surface area contributed by atoms with E-state index >= 15 is 0 Å². The van der Waals surface area contributed by atoms with Crippen LogP contribution in [0.15, 0.2) is 12.4 Å².